The molecule has 1 rings (SSSR count). The second kappa shape index (κ2) is 5.47. The highest BCUT2D eigenvalue weighted by atomic mass is 16.5. The molecule has 1 saturated heterocycles. The third-order valence-electron chi connectivity index (χ3n) is 3.05. The van der Waals surface area contributed by atoms with Crippen molar-refractivity contribution in [3.8, 4) is 0 Å². The highest BCUT2D eigenvalue weighted by Crippen LogP contribution is 2.33. The molecule has 0 aromatic rings. The molecule has 15 heavy (non-hydrogen) atoms. The molecule has 0 atom stereocenters. The van der Waals surface area contributed by atoms with E-state index in [0.29, 0.717) is 25.9 Å². The van der Waals surface area contributed by atoms with Crippen LogP contribution in [0.5, 0.6) is 0 Å². The summed E-state index contributed by atoms with van der Waals surface area (Å²) >= 11 is 0. The van der Waals surface area contributed by atoms with Gasteiger partial charge in [-0.05, 0) is 46.2 Å². The van der Waals surface area contributed by atoms with E-state index in [1.165, 1.54) is 0 Å². The van der Waals surface area contributed by atoms with Gasteiger partial charge in [-0.1, -0.05) is 0 Å². The summed E-state index contributed by atoms with van der Waals surface area (Å²) < 4.78 is 5.44. The smallest absolute Gasteiger partial charge is 0.309 e. The SMILES string of the molecule is CC(C)OCCC1(C(=O)O)CCNCC1. The molecule has 4 nitrogen and oxygen atoms in total. The van der Waals surface area contributed by atoms with Crippen LogP contribution in [0.2, 0.25) is 0 Å². The van der Waals surface area contributed by atoms with Crippen molar-refractivity contribution in [3.05, 3.63) is 0 Å². The van der Waals surface area contributed by atoms with E-state index in [0.717, 1.165) is 13.1 Å². The molecule has 0 bridgehead atoms. The first kappa shape index (κ1) is 12.5. The molecular weight excluding hydrogens is 194 g/mol. The lowest BCUT2D eigenvalue weighted by Gasteiger charge is -2.33. The zero-order valence-corrected chi connectivity index (χ0v) is 9.58. The summed E-state index contributed by atoms with van der Waals surface area (Å²) in [5, 5.41) is 12.5. The number of nitrogens with one attached hydrogen (secondary N) is 1. The summed E-state index contributed by atoms with van der Waals surface area (Å²) in [7, 11) is 0. The molecule has 1 aliphatic heterocycles. The van der Waals surface area contributed by atoms with Gasteiger partial charge in [0.2, 0.25) is 0 Å². The fourth-order valence-electron chi connectivity index (χ4n) is 1.97. The predicted octanol–water partition coefficient (Wildman–Crippen LogP) is 1.26. The average Bonchev–Trinajstić information content (AvgIpc) is 2.18. The standard InChI is InChI=1S/C11H21NO3/c1-9(2)15-8-5-11(10(13)14)3-6-12-7-4-11/h9,12H,3-8H2,1-2H3,(H,13,14). The van der Waals surface area contributed by atoms with Crippen LogP contribution in [0.15, 0.2) is 0 Å². The van der Waals surface area contributed by atoms with Crippen LogP contribution in [-0.2, 0) is 9.53 Å². The minimum absolute atomic E-state index is 0.178. The molecule has 4 heteroatoms. The topological polar surface area (TPSA) is 58.6 Å². The maximum absolute atomic E-state index is 11.3. The maximum atomic E-state index is 11.3. The van der Waals surface area contributed by atoms with Gasteiger partial charge in [0.25, 0.3) is 0 Å². The Morgan fingerprint density at radius 3 is 2.53 bits per heavy atom. The van der Waals surface area contributed by atoms with Gasteiger partial charge in [-0.25, -0.2) is 0 Å². The molecule has 0 radical (unpaired) electrons. The summed E-state index contributed by atoms with van der Waals surface area (Å²) in [6, 6.07) is 0. The number of carbonyl (C=O) groups is 1. The van der Waals surface area contributed by atoms with Crippen molar-refractivity contribution in [1.29, 1.82) is 0 Å². The monoisotopic (exact) mass is 215 g/mol. The molecule has 2 N–H and O–H groups in total. The van der Waals surface area contributed by atoms with Gasteiger partial charge in [0.15, 0.2) is 0 Å². The lowest BCUT2D eigenvalue weighted by molar-refractivity contribution is -0.152. The Bertz CT molecular complexity index is 210. The molecule has 1 heterocycles. The number of carboxylic acids is 1. The Labute approximate surface area is 91.0 Å². The van der Waals surface area contributed by atoms with Crippen molar-refractivity contribution in [2.75, 3.05) is 19.7 Å². The largest absolute Gasteiger partial charge is 0.481 e. The Morgan fingerprint density at radius 2 is 2.07 bits per heavy atom. The van der Waals surface area contributed by atoms with Gasteiger partial charge >= 0.3 is 5.97 Å². The lowest BCUT2D eigenvalue weighted by Crippen LogP contribution is -2.43. The normalized spacial score (nSPS) is 20.5. The van der Waals surface area contributed by atoms with Crippen LogP contribution in [-0.4, -0.2) is 36.9 Å². The second-order valence-corrected chi connectivity index (χ2v) is 4.51. The Kier molecular flexibility index (Phi) is 4.54. The van der Waals surface area contributed by atoms with E-state index < -0.39 is 11.4 Å². The van der Waals surface area contributed by atoms with Crippen molar-refractivity contribution in [2.24, 2.45) is 5.41 Å². The first-order chi connectivity index (χ1) is 7.07. The van der Waals surface area contributed by atoms with Gasteiger partial charge < -0.3 is 15.2 Å². The van der Waals surface area contributed by atoms with Gasteiger partial charge in [-0.2, -0.15) is 0 Å². The zero-order valence-electron chi connectivity index (χ0n) is 9.58. The number of ether oxygens (including phenoxy) is 1. The van der Waals surface area contributed by atoms with E-state index in [-0.39, 0.29) is 6.10 Å². The van der Waals surface area contributed by atoms with Gasteiger partial charge in [0, 0.05) is 6.61 Å². The van der Waals surface area contributed by atoms with Crippen LogP contribution in [0, 0.1) is 5.41 Å². The van der Waals surface area contributed by atoms with Crippen LogP contribution >= 0.6 is 0 Å². The summed E-state index contributed by atoms with van der Waals surface area (Å²) in [5.74, 6) is -0.670. The third-order valence-corrected chi connectivity index (χ3v) is 3.05. The quantitative estimate of drug-likeness (QED) is 0.724. The maximum Gasteiger partial charge on any atom is 0.309 e. The number of aliphatic carboxylic acids is 1. The highest BCUT2D eigenvalue weighted by Gasteiger charge is 2.39. The van der Waals surface area contributed by atoms with Crippen molar-refractivity contribution < 1.29 is 14.6 Å². The summed E-state index contributed by atoms with van der Waals surface area (Å²) in [6.07, 6.45) is 2.23. The van der Waals surface area contributed by atoms with Gasteiger partial charge in [-0.3, -0.25) is 4.79 Å². The minimum atomic E-state index is -0.670. The van der Waals surface area contributed by atoms with E-state index >= 15 is 0 Å². The number of hydrogen-bond acceptors (Lipinski definition) is 3. The Balaban J connectivity index is 2.46. The molecule has 0 aromatic heterocycles. The van der Waals surface area contributed by atoms with Crippen LogP contribution in [0.1, 0.15) is 33.1 Å². The van der Waals surface area contributed by atoms with Crippen molar-refractivity contribution >= 4 is 5.97 Å². The molecular formula is C11H21NO3. The van der Waals surface area contributed by atoms with Crippen LogP contribution in [0.4, 0.5) is 0 Å². The fourth-order valence-corrected chi connectivity index (χ4v) is 1.97. The molecule has 0 spiro atoms. The molecule has 0 aliphatic carbocycles. The average molecular weight is 215 g/mol. The highest BCUT2D eigenvalue weighted by molar-refractivity contribution is 5.74. The first-order valence-corrected chi connectivity index (χ1v) is 5.62. The zero-order chi connectivity index (χ0) is 11.3. The van der Waals surface area contributed by atoms with Crippen molar-refractivity contribution in [1.82, 2.24) is 5.32 Å². The number of piperidine rings is 1. The van der Waals surface area contributed by atoms with Gasteiger partial charge in [-0.15, -0.1) is 0 Å². The van der Waals surface area contributed by atoms with E-state index in [1.54, 1.807) is 0 Å². The molecule has 88 valence electrons. The molecule has 0 amide bonds. The number of carboxylic acid groups (broad SMARTS) is 1. The molecule has 1 fully saturated rings. The molecule has 0 unspecified atom stereocenters. The minimum Gasteiger partial charge on any atom is -0.481 e. The third kappa shape index (κ3) is 3.47. The Morgan fingerprint density at radius 1 is 1.47 bits per heavy atom. The van der Waals surface area contributed by atoms with Crippen LogP contribution in [0.3, 0.4) is 0 Å². The van der Waals surface area contributed by atoms with Gasteiger partial charge in [0.1, 0.15) is 0 Å². The second-order valence-electron chi connectivity index (χ2n) is 4.51. The number of hydrogen-bond donors (Lipinski definition) is 2. The summed E-state index contributed by atoms with van der Waals surface area (Å²) in [5.41, 5.74) is -0.555. The van der Waals surface area contributed by atoms with Crippen LogP contribution < -0.4 is 5.32 Å². The molecule has 1 aliphatic rings. The number of rotatable bonds is 5. The van der Waals surface area contributed by atoms with Crippen LogP contribution in [0.25, 0.3) is 0 Å². The first-order valence-electron chi connectivity index (χ1n) is 5.62. The lowest BCUT2D eigenvalue weighted by atomic mass is 9.76. The fraction of sp³-hybridized carbons (Fsp3) is 0.909. The van der Waals surface area contributed by atoms with E-state index in [9.17, 15) is 9.90 Å². The van der Waals surface area contributed by atoms with Crippen molar-refractivity contribution in [3.63, 3.8) is 0 Å². The van der Waals surface area contributed by atoms with E-state index in [4.69, 9.17) is 4.74 Å². The summed E-state index contributed by atoms with van der Waals surface area (Å²) in [4.78, 5) is 11.3. The Hall–Kier alpha value is -0.610. The van der Waals surface area contributed by atoms with E-state index in [1.807, 2.05) is 13.8 Å². The van der Waals surface area contributed by atoms with Crippen molar-refractivity contribution in [2.45, 2.75) is 39.2 Å². The molecule has 0 aromatic carbocycles. The summed E-state index contributed by atoms with van der Waals surface area (Å²) in [6.45, 7) is 6.08. The molecule has 0 saturated carbocycles. The van der Waals surface area contributed by atoms with Gasteiger partial charge in [0.05, 0.1) is 11.5 Å². The van der Waals surface area contributed by atoms with E-state index in [2.05, 4.69) is 5.32 Å². The predicted molar refractivity (Wildman–Crippen MR) is 57.9 cm³/mol.